The zero-order valence-corrected chi connectivity index (χ0v) is 19.1. The molecule has 1 aliphatic heterocycles. The van der Waals surface area contributed by atoms with E-state index in [0.29, 0.717) is 11.5 Å². The Kier molecular flexibility index (Phi) is 6.81. The maximum absolute atomic E-state index is 13.0. The van der Waals surface area contributed by atoms with E-state index in [-0.39, 0.29) is 11.7 Å². The molecule has 1 aliphatic rings. The van der Waals surface area contributed by atoms with Crippen LogP contribution in [0, 0.1) is 16.0 Å². The van der Waals surface area contributed by atoms with E-state index < -0.39 is 34.9 Å². The van der Waals surface area contributed by atoms with Crippen molar-refractivity contribution in [3.8, 4) is 0 Å². The van der Waals surface area contributed by atoms with E-state index in [1.54, 1.807) is 0 Å². The predicted molar refractivity (Wildman–Crippen MR) is 122 cm³/mol. The summed E-state index contributed by atoms with van der Waals surface area (Å²) in [5.41, 5.74) is 0.997. The van der Waals surface area contributed by atoms with Gasteiger partial charge < -0.3 is 10.6 Å². The molecule has 2 aromatic carbocycles. The number of hydrogen-bond acceptors (Lipinski definition) is 5. The van der Waals surface area contributed by atoms with Crippen LogP contribution in [0.4, 0.5) is 10.5 Å². The van der Waals surface area contributed by atoms with Gasteiger partial charge in [0.25, 0.3) is 11.6 Å². The van der Waals surface area contributed by atoms with Crippen molar-refractivity contribution in [2.75, 3.05) is 6.54 Å². The molecule has 2 N–H and O–H groups in total. The van der Waals surface area contributed by atoms with E-state index in [4.69, 9.17) is 0 Å². The molecule has 0 spiro atoms. The van der Waals surface area contributed by atoms with Crippen molar-refractivity contribution in [2.24, 2.45) is 5.92 Å². The van der Waals surface area contributed by atoms with Crippen molar-refractivity contribution in [1.29, 1.82) is 0 Å². The zero-order valence-electron chi connectivity index (χ0n) is 19.1. The molecule has 9 heteroatoms. The van der Waals surface area contributed by atoms with Gasteiger partial charge in [-0.1, -0.05) is 38.1 Å². The van der Waals surface area contributed by atoms with Gasteiger partial charge in [0.2, 0.25) is 5.91 Å². The summed E-state index contributed by atoms with van der Waals surface area (Å²) in [4.78, 5) is 49.2. The lowest BCUT2D eigenvalue weighted by atomic mass is 9.92. The average molecular weight is 453 g/mol. The van der Waals surface area contributed by atoms with Crippen LogP contribution in [0.5, 0.6) is 0 Å². The summed E-state index contributed by atoms with van der Waals surface area (Å²) >= 11 is 0. The molecule has 33 heavy (non-hydrogen) atoms. The second-order valence-corrected chi connectivity index (χ2v) is 8.88. The summed E-state index contributed by atoms with van der Waals surface area (Å²) in [5.74, 6) is -0.513. The highest BCUT2D eigenvalue weighted by atomic mass is 16.6. The molecule has 2 aromatic rings. The number of nitro groups is 1. The maximum Gasteiger partial charge on any atom is 0.325 e. The number of benzene rings is 2. The van der Waals surface area contributed by atoms with Crippen molar-refractivity contribution in [3.05, 3.63) is 75.3 Å². The Labute approximate surface area is 192 Å². The third-order valence-electron chi connectivity index (χ3n) is 5.73. The lowest BCUT2D eigenvalue weighted by Crippen LogP contribution is -2.43. The van der Waals surface area contributed by atoms with Crippen LogP contribution >= 0.6 is 0 Å². The number of rotatable bonds is 8. The summed E-state index contributed by atoms with van der Waals surface area (Å²) in [6, 6.07) is 12.4. The van der Waals surface area contributed by atoms with Crippen LogP contribution in [0.1, 0.15) is 50.4 Å². The molecule has 3 rings (SSSR count). The molecule has 0 aliphatic carbocycles. The van der Waals surface area contributed by atoms with Gasteiger partial charge in [0.05, 0.1) is 11.0 Å². The van der Waals surface area contributed by atoms with Crippen LogP contribution < -0.4 is 10.6 Å². The van der Waals surface area contributed by atoms with Crippen molar-refractivity contribution in [2.45, 2.75) is 45.7 Å². The number of imide groups is 1. The molecule has 1 heterocycles. The van der Waals surface area contributed by atoms with E-state index in [2.05, 4.69) is 24.5 Å². The Morgan fingerprint density at radius 2 is 1.70 bits per heavy atom. The molecule has 0 bridgehead atoms. The van der Waals surface area contributed by atoms with Crippen LogP contribution in [0.3, 0.4) is 0 Å². The van der Waals surface area contributed by atoms with E-state index in [0.717, 1.165) is 16.9 Å². The Balaban J connectivity index is 1.65. The fourth-order valence-corrected chi connectivity index (χ4v) is 3.88. The van der Waals surface area contributed by atoms with Crippen LogP contribution in [-0.4, -0.2) is 34.2 Å². The number of nitrogens with zero attached hydrogens (tertiary/aromatic N) is 2. The van der Waals surface area contributed by atoms with Gasteiger partial charge in [0.1, 0.15) is 12.1 Å². The SMILES string of the molecule is CC(C)Cc1ccc(C(C)NC(=O)CN2C(=O)NC(C)(c3ccc([N+](=O)[O-])cc3)C2=O)cc1. The van der Waals surface area contributed by atoms with Gasteiger partial charge in [-0.2, -0.15) is 0 Å². The summed E-state index contributed by atoms with van der Waals surface area (Å²) < 4.78 is 0. The largest absolute Gasteiger partial charge is 0.348 e. The van der Waals surface area contributed by atoms with Crippen molar-refractivity contribution in [1.82, 2.24) is 15.5 Å². The lowest BCUT2D eigenvalue weighted by Gasteiger charge is -2.22. The summed E-state index contributed by atoms with van der Waals surface area (Å²) in [7, 11) is 0. The molecule has 9 nitrogen and oxygen atoms in total. The molecule has 4 amide bonds. The molecule has 0 saturated carbocycles. The van der Waals surface area contributed by atoms with Gasteiger partial charge in [-0.05, 0) is 55.0 Å². The maximum atomic E-state index is 13.0. The van der Waals surface area contributed by atoms with E-state index in [1.165, 1.54) is 36.8 Å². The molecule has 2 atom stereocenters. The Hall–Kier alpha value is -3.75. The third-order valence-corrected chi connectivity index (χ3v) is 5.73. The van der Waals surface area contributed by atoms with Crippen molar-refractivity contribution in [3.63, 3.8) is 0 Å². The first-order valence-corrected chi connectivity index (χ1v) is 10.8. The van der Waals surface area contributed by atoms with E-state index in [1.807, 2.05) is 31.2 Å². The first kappa shape index (κ1) is 23.9. The molecule has 0 radical (unpaired) electrons. The quantitative estimate of drug-likeness (QED) is 0.361. The van der Waals surface area contributed by atoms with E-state index in [9.17, 15) is 24.5 Å². The molecule has 174 valence electrons. The first-order valence-electron chi connectivity index (χ1n) is 10.8. The van der Waals surface area contributed by atoms with Gasteiger partial charge in [0, 0.05) is 12.1 Å². The second kappa shape index (κ2) is 9.40. The Morgan fingerprint density at radius 1 is 1.09 bits per heavy atom. The van der Waals surface area contributed by atoms with Crippen LogP contribution in [0.15, 0.2) is 48.5 Å². The molecule has 2 unspecified atom stereocenters. The fourth-order valence-electron chi connectivity index (χ4n) is 3.88. The number of carbonyl (C=O) groups is 3. The van der Waals surface area contributed by atoms with Crippen molar-refractivity contribution >= 4 is 23.5 Å². The van der Waals surface area contributed by atoms with E-state index >= 15 is 0 Å². The van der Waals surface area contributed by atoms with Gasteiger partial charge in [-0.3, -0.25) is 24.6 Å². The summed E-state index contributed by atoms with van der Waals surface area (Å²) in [6.45, 7) is 7.22. The van der Waals surface area contributed by atoms with Crippen LogP contribution in [-0.2, 0) is 21.5 Å². The van der Waals surface area contributed by atoms with Gasteiger partial charge in [-0.25, -0.2) is 4.79 Å². The fraction of sp³-hybridized carbons (Fsp3) is 0.375. The number of nitrogens with one attached hydrogen (secondary N) is 2. The first-order chi connectivity index (χ1) is 15.5. The average Bonchev–Trinajstić information content (AvgIpc) is 2.97. The van der Waals surface area contributed by atoms with Crippen LogP contribution in [0.25, 0.3) is 0 Å². The predicted octanol–water partition coefficient (Wildman–Crippen LogP) is 3.44. The highest BCUT2D eigenvalue weighted by Gasteiger charge is 2.49. The number of non-ortho nitro benzene ring substituents is 1. The number of carbonyl (C=O) groups excluding carboxylic acids is 3. The van der Waals surface area contributed by atoms with Gasteiger partial charge >= 0.3 is 6.03 Å². The minimum atomic E-state index is -1.41. The lowest BCUT2D eigenvalue weighted by molar-refractivity contribution is -0.384. The molecule has 1 saturated heterocycles. The number of nitro benzene ring substituents is 1. The highest BCUT2D eigenvalue weighted by Crippen LogP contribution is 2.30. The molecule has 0 aromatic heterocycles. The second-order valence-electron chi connectivity index (χ2n) is 8.88. The minimum absolute atomic E-state index is 0.124. The molecule has 1 fully saturated rings. The van der Waals surface area contributed by atoms with Crippen LogP contribution in [0.2, 0.25) is 0 Å². The monoisotopic (exact) mass is 452 g/mol. The molecular weight excluding hydrogens is 424 g/mol. The smallest absolute Gasteiger partial charge is 0.325 e. The summed E-state index contributed by atoms with van der Waals surface area (Å²) in [6.07, 6.45) is 0.973. The van der Waals surface area contributed by atoms with Crippen molar-refractivity contribution < 1.29 is 19.3 Å². The highest BCUT2D eigenvalue weighted by molar-refractivity contribution is 6.09. The third kappa shape index (κ3) is 5.19. The summed E-state index contributed by atoms with van der Waals surface area (Å²) in [5, 5.41) is 16.3. The number of hydrogen-bond donors (Lipinski definition) is 2. The number of amides is 4. The standard InChI is InChI=1S/C24H28N4O5/c1-15(2)13-17-5-7-18(8-6-17)16(3)25-21(29)14-27-22(30)24(4,26-23(27)31)19-9-11-20(12-10-19)28(32)33/h5-12,15-16H,13-14H2,1-4H3,(H,25,29)(H,26,31). The normalized spacial score (nSPS) is 18.9. The zero-order chi connectivity index (χ0) is 24.3. The Morgan fingerprint density at radius 3 is 2.24 bits per heavy atom. The van der Waals surface area contributed by atoms with Gasteiger partial charge in [0.15, 0.2) is 0 Å². The topological polar surface area (TPSA) is 122 Å². The Bertz CT molecular complexity index is 1070. The minimum Gasteiger partial charge on any atom is -0.348 e. The van der Waals surface area contributed by atoms with Gasteiger partial charge in [-0.15, -0.1) is 0 Å². The number of urea groups is 1. The molecular formula is C24H28N4O5.